The fourth-order valence-corrected chi connectivity index (χ4v) is 3.47. The minimum atomic E-state index is -0.142. The zero-order valence-corrected chi connectivity index (χ0v) is 14.3. The predicted octanol–water partition coefficient (Wildman–Crippen LogP) is 0.625. The second kappa shape index (κ2) is 7.96. The highest BCUT2D eigenvalue weighted by atomic mass is 16.5. The Balaban J connectivity index is 1.56. The standard InChI is InChI=1S/C18H27N3O3/c1-14(21-9-7-20(8-10-21)11-12-22)18(23)19-16-6-13-24-17-5-3-2-4-15(16)17/h2-5,14,16,22H,6-13H2,1H3,(H,19,23)/t14-,16-/m1/s1. The monoisotopic (exact) mass is 333 g/mol. The smallest absolute Gasteiger partial charge is 0.237 e. The fraction of sp³-hybridized carbons (Fsp3) is 0.611. The van der Waals surface area contributed by atoms with Gasteiger partial charge < -0.3 is 15.2 Å². The zero-order valence-electron chi connectivity index (χ0n) is 14.3. The molecule has 24 heavy (non-hydrogen) atoms. The van der Waals surface area contributed by atoms with Crippen LogP contribution in [0.1, 0.15) is 24.9 Å². The maximum atomic E-state index is 12.7. The molecule has 2 aliphatic heterocycles. The molecule has 0 saturated carbocycles. The van der Waals surface area contributed by atoms with Crippen LogP contribution in [-0.2, 0) is 4.79 Å². The molecule has 0 unspecified atom stereocenters. The van der Waals surface area contributed by atoms with Gasteiger partial charge in [0, 0.05) is 44.7 Å². The van der Waals surface area contributed by atoms with Gasteiger partial charge in [-0.25, -0.2) is 0 Å². The molecular weight excluding hydrogens is 306 g/mol. The highest BCUT2D eigenvalue weighted by Crippen LogP contribution is 2.31. The molecule has 0 radical (unpaired) electrons. The lowest BCUT2D eigenvalue weighted by atomic mass is 10.00. The van der Waals surface area contributed by atoms with Crippen molar-refractivity contribution < 1.29 is 14.6 Å². The summed E-state index contributed by atoms with van der Waals surface area (Å²) in [5.74, 6) is 0.951. The molecule has 1 aromatic carbocycles. The SMILES string of the molecule is C[C@H](C(=O)N[C@@H]1CCOc2ccccc21)N1CCN(CCO)CC1. The van der Waals surface area contributed by atoms with Crippen LogP contribution < -0.4 is 10.1 Å². The van der Waals surface area contributed by atoms with Crippen molar-refractivity contribution in [2.75, 3.05) is 45.9 Å². The number of piperazine rings is 1. The van der Waals surface area contributed by atoms with Gasteiger partial charge in [0.15, 0.2) is 0 Å². The van der Waals surface area contributed by atoms with Gasteiger partial charge in [0.1, 0.15) is 5.75 Å². The van der Waals surface area contributed by atoms with Crippen molar-refractivity contribution in [2.45, 2.75) is 25.4 Å². The number of rotatable bonds is 5. The zero-order chi connectivity index (χ0) is 16.9. The molecule has 2 aliphatic rings. The van der Waals surface area contributed by atoms with Gasteiger partial charge in [-0.3, -0.25) is 14.6 Å². The lowest BCUT2D eigenvalue weighted by molar-refractivity contribution is -0.127. The first-order valence-corrected chi connectivity index (χ1v) is 8.78. The number of hydrogen-bond donors (Lipinski definition) is 2. The van der Waals surface area contributed by atoms with E-state index in [4.69, 9.17) is 9.84 Å². The number of nitrogens with zero attached hydrogens (tertiary/aromatic N) is 2. The number of carbonyl (C=O) groups is 1. The molecule has 1 saturated heterocycles. The molecule has 0 spiro atoms. The van der Waals surface area contributed by atoms with E-state index in [1.54, 1.807) is 0 Å². The minimum Gasteiger partial charge on any atom is -0.493 e. The van der Waals surface area contributed by atoms with Crippen molar-refractivity contribution in [2.24, 2.45) is 0 Å². The van der Waals surface area contributed by atoms with Crippen LogP contribution in [0.3, 0.4) is 0 Å². The Morgan fingerprint density at radius 2 is 2.08 bits per heavy atom. The predicted molar refractivity (Wildman–Crippen MR) is 92.0 cm³/mol. The number of amides is 1. The number of benzene rings is 1. The van der Waals surface area contributed by atoms with E-state index < -0.39 is 0 Å². The molecule has 2 heterocycles. The van der Waals surface area contributed by atoms with E-state index in [9.17, 15) is 4.79 Å². The maximum absolute atomic E-state index is 12.7. The van der Waals surface area contributed by atoms with Crippen molar-refractivity contribution in [1.29, 1.82) is 0 Å². The average Bonchev–Trinajstić information content (AvgIpc) is 2.62. The van der Waals surface area contributed by atoms with E-state index in [0.717, 1.165) is 43.9 Å². The Kier molecular flexibility index (Phi) is 5.71. The van der Waals surface area contributed by atoms with Crippen molar-refractivity contribution in [3.63, 3.8) is 0 Å². The number of para-hydroxylation sites is 1. The second-order valence-electron chi connectivity index (χ2n) is 6.51. The third-order valence-electron chi connectivity index (χ3n) is 5.03. The van der Waals surface area contributed by atoms with Crippen molar-refractivity contribution >= 4 is 5.91 Å². The normalized spacial score (nSPS) is 23.2. The van der Waals surface area contributed by atoms with Gasteiger partial charge in [0.25, 0.3) is 0 Å². The lowest BCUT2D eigenvalue weighted by Gasteiger charge is -2.37. The minimum absolute atomic E-state index is 0.0283. The van der Waals surface area contributed by atoms with E-state index in [2.05, 4.69) is 15.1 Å². The van der Waals surface area contributed by atoms with Crippen LogP contribution >= 0.6 is 0 Å². The van der Waals surface area contributed by atoms with E-state index in [1.165, 1.54) is 0 Å². The van der Waals surface area contributed by atoms with Gasteiger partial charge in [-0.1, -0.05) is 18.2 Å². The van der Waals surface area contributed by atoms with Gasteiger partial charge in [-0.05, 0) is 13.0 Å². The number of aliphatic hydroxyl groups is 1. The van der Waals surface area contributed by atoms with Gasteiger partial charge in [-0.2, -0.15) is 0 Å². The largest absolute Gasteiger partial charge is 0.493 e. The van der Waals surface area contributed by atoms with E-state index in [0.29, 0.717) is 13.2 Å². The van der Waals surface area contributed by atoms with Gasteiger partial charge >= 0.3 is 0 Å². The van der Waals surface area contributed by atoms with E-state index >= 15 is 0 Å². The van der Waals surface area contributed by atoms with Crippen LogP contribution in [0.5, 0.6) is 5.75 Å². The average molecular weight is 333 g/mol. The number of ether oxygens (including phenoxy) is 1. The van der Waals surface area contributed by atoms with Crippen LogP contribution in [0.15, 0.2) is 24.3 Å². The summed E-state index contributed by atoms with van der Waals surface area (Å²) in [4.78, 5) is 17.1. The molecule has 2 atom stereocenters. The van der Waals surface area contributed by atoms with E-state index in [1.807, 2.05) is 31.2 Å². The number of nitrogens with one attached hydrogen (secondary N) is 1. The van der Waals surface area contributed by atoms with Crippen LogP contribution in [0.4, 0.5) is 0 Å². The number of aliphatic hydroxyl groups excluding tert-OH is 1. The summed E-state index contributed by atoms with van der Waals surface area (Å²) in [5, 5.41) is 12.2. The first-order valence-electron chi connectivity index (χ1n) is 8.78. The Labute approximate surface area is 143 Å². The molecule has 0 bridgehead atoms. The maximum Gasteiger partial charge on any atom is 0.237 e. The number of carbonyl (C=O) groups excluding carboxylic acids is 1. The van der Waals surface area contributed by atoms with Gasteiger partial charge in [0.2, 0.25) is 5.91 Å². The topological polar surface area (TPSA) is 65.0 Å². The molecule has 6 heteroatoms. The number of fused-ring (bicyclic) bond motifs is 1. The van der Waals surface area contributed by atoms with Crippen molar-refractivity contribution in [3.05, 3.63) is 29.8 Å². The first-order chi connectivity index (χ1) is 11.7. The molecule has 6 nitrogen and oxygen atoms in total. The Morgan fingerprint density at radius 1 is 1.33 bits per heavy atom. The lowest BCUT2D eigenvalue weighted by Crippen LogP contribution is -2.54. The molecule has 1 aromatic rings. The molecular formula is C18H27N3O3. The van der Waals surface area contributed by atoms with Gasteiger partial charge in [-0.15, -0.1) is 0 Å². The summed E-state index contributed by atoms with van der Waals surface area (Å²) < 4.78 is 5.66. The van der Waals surface area contributed by atoms with Crippen LogP contribution in [0.2, 0.25) is 0 Å². The van der Waals surface area contributed by atoms with Crippen LogP contribution in [-0.4, -0.2) is 72.8 Å². The van der Waals surface area contributed by atoms with E-state index in [-0.39, 0.29) is 24.6 Å². The summed E-state index contributed by atoms with van der Waals surface area (Å²) in [6.07, 6.45) is 0.805. The number of hydrogen-bond acceptors (Lipinski definition) is 5. The Morgan fingerprint density at radius 3 is 2.83 bits per heavy atom. The van der Waals surface area contributed by atoms with Crippen molar-refractivity contribution in [3.8, 4) is 5.75 Å². The summed E-state index contributed by atoms with van der Waals surface area (Å²) in [6.45, 7) is 7.04. The summed E-state index contributed by atoms with van der Waals surface area (Å²) >= 11 is 0. The van der Waals surface area contributed by atoms with Crippen molar-refractivity contribution in [1.82, 2.24) is 15.1 Å². The highest BCUT2D eigenvalue weighted by Gasteiger charge is 2.29. The Hall–Kier alpha value is -1.63. The fourth-order valence-electron chi connectivity index (χ4n) is 3.47. The second-order valence-corrected chi connectivity index (χ2v) is 6.51. The molecule has 132 valence electrons. The number of β-amino-alcohol motifs (C(OH)–C–C–N with tert-alkyl or cyclic N) is 1. The molecule has 0 aliphatic carbocycles. The molecule has 3 rings (SSSR count). The summed E-state index contributed by atoms with van der Waals surface area (Å²) in [6, 6.07) is 7.81. The van der Waals surface area contributed by atoms with Gasteiger partial charge in [0.05, 0.1) is 25.3 Å². The molecule has 1 fully saturated rings. The third kappa shape index (κ3) is 3.88. The highest BCUT2D eigenvalue weighted by molar-refractivity contribution is 5.82. The molecule has 0 aromatic heterocycles. The molecule has 2 N–H and O–H groups in total. The Bertz CT molecular complexity index is 558. The summed E-state index contributed by atoms with van der Waals surface area (Å²) in [7, 11) is 0. The first kappa shape index (κ1) is 17.2. The quantitative estimate of drug-likeness (QED) is 0.827. The van der Waals surface area contributed by atoms with Crippen LogP contribution in [0.25, 0.3) is 0 Å². The third-order valence-corrected chi connectivity index (χ3v) is 5.03. The molecule has 1 amide bonds. The van der Waals surface area contributed by atoms with Crippen LogP contribution in [0, 0.1) is 0 Å². The summed E-state index contributed by atoms with van der Waals surface area (Å²) in [5.41, 5.74) is 1.07.